The predicted octanol–water partition coefficient (Wildman–Crippen LogP) is 3.60. The molecule has 2 atom stereocenters. The number of aromatic nitrogens is 4. The van der Waals surface area contributed by atoms with E-state index in [4.69, 9.17) is 4.74 Å². The van der Waals surface area contributed by atoms with E-state index in [1.165, 1.54) is 23.7 Å². The maximum Gasteiger partial charge on any atom is 0.295 e. The summed E-state index contributed by atoms with van der Waals surface area (Å²) in [6.45, 7) is 4.14. The first-order valence-corrected chi connectivity index (χ1v) is 10.6. The Kier molecular flexibility index (Phi) is 6.43. The fourth-order valence-electron chi connectivity index (χ4n) is 4.05. The number of benzene rings is 1. The summed E-state index contributed by atoms with van der Waals surface area (Å²) in [4.78, 5) is 33.2. The average molecular weight is 455 g/mol. The van der Waals surface area contributed by atoms with E-state index in [1.807, 2.05) is 6.92 Å². The van der Waals surface area contributed by atoms with Gasteiger partial charge in [0.05, 0.1) is 12.7 Å². The molecule has 0 amide bonds. The van der Waals surface area contributed by atoms with Crippen LogP contribution in [0.2, 0.25) is 0 Å². The van der Waals surface area contributed by atoms with E-state index in [0.29, 0.717) is 18.6 Å². The Labute approximate surface area is 189 Å². The minimum atomic E-state index is -0.662. The van der Waals surface area contributed by atoms with E-state index >= 15 is 0 Å². The van der Waals surface area contributed by atoms with E-state index in [2.05, 4.69) is 15.1 Å². The third-order valence-corrected chi connectivity index (χ3v) is 5.69. The summed E-state index contributed by atoms with van der Waals surface area (Å²) in [6, 6.07) is 7.72. The molecular weight excluding hydrogens is 432 g/mol. The van der Waals surface area contributed by atoms with Crippen LogP contribution in [0.3, 0.4) is 0 Å². The molecule has 0 radical (unpaired) electrons. The van der Waals surface area contributed by atoms with E-state index in [-0.39, 0.29) is 41.3 Å². The zero-order valence-corrected chi connectivity index (χ0v) is 18.2. The number of rotatable bonds is 7. The highest BCUT2D eigenvalue weighted by Crippen LogP contribution is 2.30. The molecule has 0 saturated carbocycles. The SMILES string of the molecule is CC(=O)c1cc(-c2ncc(F)c(N3CCC[C@H](C)[C@@H]3OC=O)n2)nn1Cc1ccccc1F. The van der Waals surface area contributed by atoms with Gasteiger partial charge in [0, 0.05) is 24.9 Å². The lowest BCUT2D eigenvalue weighted by Crippen LogP contribution is -2.47. The van der Waals surface area contributed by atoms with E-state index in [1.54, 1.807) is 23.1 Å². The molecule has 8 nitrogen and oxygen atoms in total. The number of anilines is 1. The van der Waals surface area contributed by atoms with Crippen molar-refractivity contribution in [1.82, 2.24) is 19.7 Å². The quantitative estimate of drug-likeness (QED) is 0.397. The van der Waals surface area contributed by atoms with Crippen molar-refractivity contribution in [2.24, 2.45) is 5.92 Å². The van der Waals surface area contributed by atoms with Gasteiger partial charge in [-0.25, -0.2) is 18.7 Å². The fourth-order valence-corrected chi connectivity index (χ4v) is 4.05. The zero-order valence-electron chi connectivity index (χ0n) is 18.2. The summed E-state index contributed by atoms with van der Waals surface area (Å²) in [5.74, 6) is -1.26. The number of ether oxygens (including phenoxy) is 1. The second kappa shape index (κ2) is 9.43. The lowest BCUT2D eigenvalue weighted by Gasteiger charge is -2.38. The van der Waals surface area contributed by atoms with Gasteiger partial charge in [0.15, 0.2) is 29.5 Å². The second-order valence-corrected chi connectivity index (χ2v) is 8.02. The summed E-state index contributed by atoms with van der Waals surface area (Å²) in [6.07, 6.45) is 1.99. The number of carbonyl (C=O) groups is 2. The van der Waals surface area contributed by atoms with Crippen molar-refractivity contribution < 1.29 is 23.1 Å². The van der Waals surface area contributed by atoms with Gasteiger partial charge in [0.1, 0.15) is 17.2 Å². The predicted molar refractivity (Wildman–Crippen MR) is 115 cm³/mol. The number of nitrogens with zero attached hydrogens (tertiary/aromatic N) is 5. The maximum absolute atomic E-state index is 14.7. The van der Waals surface area contributed by atoms with Gasteiger partial charge in [-0.1, -0.05) is 25.1 Å². The first kappa shape index (κ1) is 22.5. The van der Waals surface area contributed by atoms with Crippen molar-refractivity contribution in [3.05, 3.63) is 59.4 Å². The molecule has 0 spiro atoms. The molecule has 0 aliphatic carbocycles. The number of Topliss-reactive ketones (excluding diaryl/α,β-unsaturated/α-hetero) is 1. The van der Waals surface area contributed by atoms with Crippen LogP contribution in [0.4, 0.5) is 14.6 Å². The lowest BCUT2D eigenvalue weighted by molar-refractivity contribution is -0.136. The van der Waals surface area contributed by atoms with Crippen LogP contribution >= 0.6 is 0 Å². The molecule has 0 N–H and O–H groups in total. The number of ketones is 1. The highest BCUT2D eigenvalue weighted by Gasteiger charge is 2.33. The molecule has 0 bridgehead atoms. The summed E-state index contributed by atoms with van der Waals surface area (Å²) in [5, 5.41) is 4.40. The van der Waals surface area contributed by atoms with Crippen LogP contribution in [-0.4, -0.2) is 44.8 Å². The van der Waals surface area contributed by atoms with Gasteiger partial charge < -0.3 is 9.64 Å². The molecule has 3 heterocycles. The highest BCUT2D eigenvalue weighted by molar-refractivity contribution is 5.93. The molecule has 1 saturated heterocycles. The highest BCUT2D eigenvalue weighted by atomic mass is 19.1. The zero-order chi connectivity index (χ0) is 23.5. The van der Waals surface area contributed by atoms with Crippen LogP contribution in [-0.2, 0) is 16.1 Å². The van der Waals surface area contributed by atoms with Gasteiger partial charge >= 0.3 is 0 Å². The Bertz CT molecular complexity index is 1180. The number of carbonyl (C=O) groups excluding carboxylic acids is 2. The minimum absolute atomic E-state index is 0.00794. The van der Waals surface area contributed by atoms with Crippen molar-refractivity contribution in [3.63, 3.8) is 0 Å². The first-order valence-electron chi connectivity index (χ1n) is 10.6. The molecule has 4 rings (SSSR count). The Hall–Kier alpha value is -3.69. The van der Waals surface area contributed by atoms with E-state index in [9.17, 15) is 18.4 Å². The third-order valence-electron chi connectivity index (χ3n) is 5.69. The van der Waals surface area contributed by atoms with Gasteiger partial charge in [0.25, 0.3) is 6.47 Å². The number of halogens is 2. The third kappa shape index (κ3) is 4.59. The van der Waals surface area contributed by atoms with Crippen molar-refractivity contribution in [1.29, 1.82) is 0 Å². The minimum Gasteiger partial charge on any atom is -0.443 e. The number of hydrogen-bond donors (Lipinski definition) is 0. The Morgan fingerprint density at radius 2 is 2.06 bits per heavy atom. The number of piperidine rings is 1. The number of hydrogen-bond acceptors (Lipinski definition) is 7. The van der Waals surface area contributed by atoms with Crippen molar-refractivity contribution in [3.8, 4) is 11.5 Å². The summed E-state index contributed by atoms with van der Waals surface area (Å²) >= 11 is 0. The molecule has 172 valence electrons. The topological polar surface area (TPSA) is 90.2 Å². The Balaban J connectivity index is 1.72. The molecule has 1 aliphatic rings. The van der Waals surface area contributed by atoms with Crippen LogP contribution in [0.15, 0.2) is 36.5 Å². The van der Waals surface area contributed by atoms with E-state index < -0.39 is 17.9 Å². The van der Waals surface area contributed by atoms with Crippen LogP contribution in [0, 0.1) is 17.6 Å². The van der Waals surface area contributed by atoms with Gasteiger partial charge in [-0.2, -0.15) is 5.10 Å². The Morgan fingerprint density at radius 3 is 2.79 bits per heavy atom. The molecule has 0 unspecified atom stereocenters. The van der Waals surface area contributed by atoms with Gasteiger partial charge in [-0.3, -0.25) is 14.3 Å². The average Bonchev–Trinajstić information content (AvgIpc) is 3.21. The molecule has 10 heteroatoms. The van der Waals surface area contributed by atoms with Crippen LogP contribution in [0.5, 0.6) is 0 Å². The molecular formula is C23H23F2N5O3. The molecule has 1 fully saturated rings. The normalized spacial score (nSPS) is 18.2. The Morgan fingerprint density at radius 1 is 1.27 bits per heavy atom. The van der Waals surface area contributed by atoms with Gasteiger partial charge in [-0.15, -0.1) is 0 Å². The lowest BCUT2D eigenvalue weighted by atomic mass is 9.98. The van der Waals surface area contributed by atoms with Crippen molar-refractivity contribution >= 4 is 18.1 Å². The summed E-state index contributed by atoms with van der Waals surface area (Å²) < 4.78 is 35.5. The van der Waals surface area contributed by atoms with Crippen molar-refractivity contribution in [2.45, 2.75) is 39.5 Å². The standard InChI is InChI=1S/C23H23F2N5O3/c1-14-6-5-9-29(23(14)33-13-31)22-18(25)11-26-21(27-22)19-10-20(15(2)32)30(28-19)12-16-7-3-4-8-17(16)24/h3-4,7-8,10-11,13-14,23H,5-6,9,12H2,1-2H3/t14-,23-/m0/s1. The summed E-state index contributed by atoms with van der Waals surface area (Å²) in [7, 11) is 0. The van der Waals surface area contributed by atoms with Crippen LogP contribution in [0.25, 0.3) is 11.5 Å². The maximum atomic E-state index is 14.7. The largest absolute Gasteiger partial charge is 0.443 e. The molecule has 1 aliphatic heterocycles. The van der Waals surface area contributed by atoms with Crippen molar-refractivity contribution in [2.75, 3.05) is 11.4 Å². The molecule has 1 aromatic carbocycles. The second-order valence-electron chi connectivity index (χ2n) is 8.02. The smallest absolute Gasteiger partial charge is 0.295 e. The summed E-state index contributed by atoms with van der Waals surface area (Å²) in [5.41, 5.74) is 0.860. The molecule has 33 heavy (non-hydrogen) atoms. The van der Waals surface area contributed by atoms with Gasteiger partial charge in [0.2, 0.25) is 0 Å². The first-order chi connectivity index (χ1) is 15.9. The fraction of sp³-hybridized carbons (Fsp3) is 0.348. The molecule has 2 aromatic heterocycles. The van der Waals surface area contributed by atoms with Crippen LogP contribution in [0.1, 0.15) is 42.7 Å². The molecule has 3 aromatic rings. The van der Waals surface area contributed by atoms with E-state index in [0.717, 1.165) is 19.0 Å². The van der Waals surface area contributed by atoms with Gasteiger partial charge in [-0.05, 0) is 25.0 Å². The monoisotopic (exact) mass is 455 g/mol. The van der Waals surface area contributed by atoms with Crippen LogP contribution < -0.4 is 4.90 Å².